The Hall–Kier alpha value is -2.75. The van der Waals surface area contributed by atoms with E-state index >= 15 is 0 Å². The van der Waals surface area contributed by atoms with E-state index in [4.69, 9.17) is 4.74 Å². The SMILES string of the molecule is COc1ccc(Nc2n[nH]c3c2Cc2ccc(C)cc2-3)cc1. The van der Waals surface area contributed by atoms with Gasteiger partial charge in [-0.1, -0.05) is 17.7 Å². The number of hydrogen-bond acceptors (Lipinski definition) is 3. The number of hydrogen-bond donors (Lipinski definition) is 2. The molecule has 110 valence electrons. The zero-order chi connectivity index (χ0) is 15.1. The van der Waals surface area contributed by atoms with Gasteiger partial charge in [0.05, 0.1) is 12.8 Å². The highest BCUT2D eigenvalue weighted by Crippen LogP contribution is 2.39. The molecule has 0 unspecified atom stereocenters. The van der Waals surface area contributed by atoms with Gasteiger partial charge in [0.15, 0.2) is 5.82 Å². The van der Waals surface area contributed by atoms with Crippen molar-refractivity contribution in [1.29, 1.82) is 0 Å². The van der Waals surface area contributed by atoms with Crippen LogP contribution in [0.4, 0.5) is 11.5 Å². The topological polar surface area (TPSA) is 49.9 Å². The Morgan fingerprint density at radius 2 is 1.95 bits per heavy atom. The molecule has 0 bridgehead atoms. The molecule has 0 atom stereocenters. The van der Waals surface area contributed by atoms with Crippen LogP contribution in [0.25, 0.3) is 11.3 Å². The quantitative estimate of drug-likeness (QED) is 0.599. The lowest BCUT2D eigenvalue weighted by molar-refractivity contribution is 0.415. The molecule has 22 heavy (non-hydrogen) atoms. The minimum Gasteiger partial charge on any atom is -0.497 e. The third kappa shape index (κ3) is 2.04. The Balaban J connectivity index is 1.65. The number of aryl methyl sites for hydroxylation is 1. The number of rotatable bonds is 3. The fourth-order valence-corrected chi connectivity index (χ4v) is 2.94. The molecular formula is C18H17N3O. The summed E-state index contributed by atoms with van der Waals surface area (Å²) in [5.41, 5.74) is 7.26. The van der Waals surface area contributed by atoms with Crippen LogP contribution in [0.15, 0.2) is 42.5 Å². The Bertz CT molecular complexity index is 834. The third-order valence-corrected chi connectivity index (χ3v) is 4.12. The summed E-state index contributed by atoms with van der Waals surface area (Å²) < 4.78 is 5.18. The highest BCUT2D eigenvalue weighted by molar-refractivity contribution is 5.80. The first-order chi connectivity index (χ1) is 10.7. The average molecular weight is 291 g/mol. The molecule has 3 aromatic rings. The fraction of sp³-hybridized carbons (Fsp3) is 0.167. The summed E-state index contributed by atoms with van der Waals surface area (Å²) in [7, 11) is 1.67. The third-order valence-electron chi connectivity index (χ3n) is 4.12. The monoisotopic (exact) mass is 291 g/mol. The van der Waals surface area contributed by atoms with Gasteiger partial charge >= 0.3 is 0 Å². The second kappa shape index (κ2) is 4.91. The summed E-state index contributed by atoms with van der Waals surface area (Å²) in [5.74, 6) is 1.75. The zero-order valence-corrected chi connectivity index (χ0v) is 12.6. The Kier molecular flexibility index (Phi) is 2.89. The van der Waals surface area contributed by atoms with Gasteiger partial charge < -0.3 is 10.1 Å². The molecule has 2 N–H and O–H groups in total. The van der Waals surface area contributed by atoms with Crippen molar-refractivity contribution < 1.29 is 4.74 Å². The number of H-pyrrole nitrogens is 1. The van der Waals surface area contributed by atoms with Crippen LogP contribution in [-0.4, -0.2) is 17.3 Å². The highest BCUT2D eigenvalue weighted by atomic mass is 16.5. The van der Waals surface area contributed by atoms with Crippen LogP contribution in [0.5, 0.6) is 5.75 Å². The maximum absolute atomic E-state index is 5.18. The maximum atomic E-state index is 5.18. The first kappa shape index (κ1) is 13.0. The van der Waals surface area contributed by atoms with E-state index in [-0.39, 0.29) is 0 Å². The summed E-state index contributed by atoms with van der Waals surface area (Å²) in [6.07, 6.45) is 0.917. The molecule has 0 saturated heterocycles. The van der Waals surface area contributed by atoms with Gasteiger partial charge in [0, 0.05) is 23.2 Å². The van der Waals surface area contributed by atoms with Crippen LogP contribution in [-0.2, 0) is 6.42 Å². The molecule has 1 heterocycles. The number of nitrogens with one attached hydrogen (secondary N) is 2. The van der Waals surface area contributed by atoms with E-state index < -0.39 is 0 Å². The minimum atomic E-state index is 0.848. The van der Waals surface area contributed by atoms with Gasteiger partial charge in [-0.15, -0.1) is 0 Å². The normalized spacial score (nSPS) is 11.9. The van der Waals surface area contributed by atoms with Crippen molar-refractivity contribution in [3.8, 4) is 17.0 Å². The van der Waals surface area contributed by atoms with Crippen molar-refractivity contribution in [3.63, 3.8) is 0 Å². The molecule has 1 aromatic heterocycles. The van der Waals surface area contributed by atoms with Crippen molar-refractivity contribution in [2.75, 3.05) is 12.4 Å². The van der Waals surface area contributed by atoms with Gasteiger partial charge in [-0.2, -0.15) is 5.10 Å². The van der Waals surface area contributed by atoms with Crippen molar-refractivity contribution in [2.45, 2.75) is 13.3 Å². The molecule has 2 aromatic carbocycles. The van der Waals surface area contributed by atoms with Gasteiger partial charge in [0.2, 0.25) is 0 Å². The molecule has 4 nitrogen and oxygen atoms in total. The van der Waals surface area contributed by atoms with E-state index in [2.05, 4.69) is 40.6 Å². The molecule has 4 rings (SSSR count). The lowest BCUT2D eigenvalue weighted by Crippen LogP contribution is -1.94. The number of fused-ring (bicyclic) bond motifs is 3. The molecule has 0 aliphatic heterocycles. The number of benzene rings is 2. The lowest BCUT2D eigenvalue weighted by atomic mass is 10.1. The summed E-state index contributed by atoms with van der Waals surface area (Å²) in [6, 6.07) is 14.4. The predicted molar refractivity (Wildman–Crippen MR) is 87.8 cm³/mol. The first-order valence-corrected chi connectivity index (χ1v) is 7.33. The number of anilines is 2. The maximum Gasteiger partial charge on any atom is 0.156 e. The number of ether oxygens (including phenoxy) is 1. The summed E-state index contributed by atoms with van der Waals surface area (Å²) in [6.45, 7) is 2.12. The average Bonchev–Trinajstić information content (AvgIpc) is 3.08. The number of aromatic nitrogens is 2. The molecule has 0 fully saturated rings. The number of nitrogens with zero attached hydrogens (tertiary/aromatic N) is 1. The minimum absolute atomic E-state index is 0.848. The van der Waals surface area contributed by atoms with Crippen LogP contribution >= 0.6 is 0 Å². The second-order valence-electron chi connectivity index (χ2n) is 5.62. The number of methoxy groups -OCH3 is 1. The van der Waals surface area contributed by atoms with E-state index in [9.17, 15) is 0 Å². The van der Waals surface area contributed by atoms with E-state index in [1.54, 1.807) is 7.11 Å². The standard InChI is InChI=1S/C18H17N3O/c1-11-3-4-12-10-16-17(15(12)9-11)20-21-18(16)19-13-5-7-14(22-2)8-6-13/h3-9H,10H2,1-2H3,(H2,19,20,21). The summed E-state index contributed by atoms with van der Waals surface area (Å²) in [4.78, 5) is 0. The van der Waals surface area contributed by atoms with Crippen LogP contribution in [0.3, 0.4) is 0 Å². The van der Waals surface area contributed by atoms with Crippen molar-refractivity contribution in [2.24, 2.45) is 0 Å². The smallest absolute Gasteiger partial charge is 0.156 e. The van der Waals surface area contributed by atoms with Gasteiger partial charge in [-0.05, 0) is 42.8 Å². The molecular weight excluding hydrogens is 274 g/mol. The van der Waals surface area contributed by atoms with Crippen molar-refractivity contribution in [3.05, 3.63) is 59.2 Å². The molecule has 1 aliphatic carbocycles. The van der Waals surface area contributed by atoms with Gasteiger partial charge in [0.25, 0.3) is 0 Å². The number of aromatic amines is 1. The largest absolute Gasteiger partial charge is 0.497 e. The Labute approximate surface area is 129 Å². The van der Waals surface area contributed by atoms with Crippen LogP contribution in [0.2, 0.25) is 0 Å². The van der Waals surface area contributed by atoms with Crippen LogP contribution < -0.4 is 10.1 Å². The summed E-state index contributed by atoms with van der Waals surface area (Å²) in [5, 5.41) is 11.0. The van der Waals surface area contributed by atoms with E-state index in [0.717, 1.165) is 29.4 Å². The Morgan fingerprint density at radius 3 is 2.73 bits per heavy atom. The van der Waals surface area contributed by atoms with E-state index in [1.165, 1.54) is 22.3 Å². The highest BCUT2D eigenvalue weighted by Gasteiger charge is 2.24. The fourth-order valence-electron chi connectivity index (χ4n) is 2.94. The van der Waals surface area contributed by atoms with Gasteiger partial charge in [-0.3, -0.25) is 5.10 Å². The second-order valence-corrected chi connectivity index (χ2v) is 5.62. The van der Waals surface area contributed by atoms with Gasteiger partial charge in [0.1, 0.15) is 5.75 Å². The van der Waals surface area contributed by atoms with E-state index in [0.29, 0.717) is 0 Å². The molecule has 1 aliphatic rings. The zero-order valence-electron chi connectivity index (χ0n) is 12.6. The summed E-state index contributed by atoms with van der Waals surface area (Å²) >= 11 is 0. The van der Waals surface area contributed by atoms with E-state index in [1.807, 2.05) is 24.3 Å². The molecule has 0 spiro atoms. The molecule has 0 radical (unpaired) electrons. The van der Waals surface area contributed by atoms with Crippen LogP contribution in [0.1, 0.15) is 16.7 Å². The Morgan fingerprint density at radius 1 is 1.14 bits per heavy atom. The molecule has 0 saturated carbocycles. The molecule has 0 amide bonds. The van der Waals surface area contributed by atoms with Crippen molar-refractivity contribution in [1.82, 2.24) is 10.2 Å². The molecule has 4 heteroatoms. The first-order valence-electron chi connectivity index (χ1n) is 7.33. The predicted octanol–water partition coefficient (Wildman–Crippen LogP) is 4.04. The van der Waals surface area contributed by atoms with Crippen LogP contribution in [0, 0.1) is 6.92 Å². The lowest BCUT2D eigenvalue weighted by Gasteiger charge is -2.06. The van der Waals surface area contributed by atoms with Gasteiger partial charge in [-0.25, -0.2) is 0 Å². The van der Waals surface area contributed by atoms with Crippen molar-refractivity contribution >= 4 is 11.5 Å².